The summed E-state index contributed by atoms with van der Waals surface area (Å²) in [6.07, 6.45) is 2.20. The highest BCUT2D eigenvalue weighted by molar-refractivity contribution is 9.10. The molecule has 116 valence electrons. The van der Waals surface area contributed by atoms with Gasteiger partial charge >= 0.3 is 0 Å². The van der Waals surface area contributed by atoms with Crippen LogP contribution in [0.2, 0.25) is 0 Å². The van der Waals surface area contributed by atoms with E-state index in [4.69, 9.17) is 5.73 Å². The molecule has 0 atom stereocenters. The van der Waals surface area contributed by atoms with E-state index in [1.165, 1.54) is 12.1 Å². The molecule has 3 N–H and O–H groups in total. The second-order valence-electron chi connectivity index (χ2n) is 4.92. The Kier molecular flexibility index (Phi) is 5.23. The molecule has 6 nitrogen and oxygen atoms in total. The third-order valence-corrected chi connectivity index (χ3v) is 5.38. The number of benzene rings is 1. The van der Waals surface area contributed by atoms with Crippen molar-refractivity contribution in [1.29, 1.82) is 0 Å². The smallest absolute Gasteiger partial charge is 0.242 e. The van der Waals surface area contributed by atoms with Crippen LogP contribution in [0.25, 0.3) is 0 Å². The molecular weight excluding hydrogens is 358 g/mol. The number of carbonyl (C=O) groups is 1. The van der Waals surface area contributed by atoms with Crippen LogP contribution in [0, 0.1) is 0 Å². The maximum atomic E-state index is 12.1. The Morgan fingerprint density at radius 3 is 2.62 bits per heavy atom. The van der Waals surface area contributed by atoms with Gasteiger partial charge in [0.2, 0.25) is 15.9 Å². The van der Waals surface area contributed by atoms with Gasteiger partial charge in [-0.3, -0.25) is 4.79 Å². The fourth-order valence-corrected chi connectivity index (χ4v) is 3.78. The number of nitrogens with two attached hydrogens (primary N) is 1. The molecule has 0 aromatic heterocycles. The second kappa shape index (κ2) is 6.76. The molecule has 21 heavy (non-hydrogen) atoms. The summed E-state index contributed by atoms with van der Waals surface area (Å²) < 4.78 is 27.4. The predicted octanol–water partition coefficient (Wildman–Crippen LogP) is 1.32. The van der Waals surface area contributed by atoms with E-state index < -0.39 is 10.0 Å². The van der Waals surface area contributed by atoms with Crippen molar-refractivity contribution in [3.05, 3.63) is 22.7 Å². The summed E-state index contributed by atoms with van der Waals surface area (Å²) in [5.74, 6) is -0.0148. The van der Waals surface area contributed by atoms with Crippen molar-refractivity contribution in [2.75, 3.05) is 25.4 Å². The van der Waals surface area contributed by atoms with E-state index in [0.717, 1.165) is 25.9 Å². The maximum Gasteiger partial charge on any atom is 0.242 e. The molecule has 0 bridgehead atoms. The molecule has 1 amide bonds. The normalized spacial score (nSPS) is 15.4. The minimum atomic E-state index is -3.69. The van der Waals surface area contributed by atoms with Crippen LogP contribution in [-0.4, -0.2) is 38.9 Å². The van der Waals surface area contributed by atoms with Crippen molar-refractivity contribution in [2.45, 2.75) is 24.2 Å². The number of nitrogens with one attached hydrogen (secondary N) is 1. The lowest BCUT2D eigenvalue weighted by Gasteiger charge is -2.15. The molecule has 1 aromatic rings. The number of rotatable bonds is 5. The average Bonchev–Trinajstić information content (AvgIpc) is 2.91. The van der Waals surface area contributed by atoms with E-state index in [1.54, 1.807) is 11.0 Å². The topological polar surface area (TPSA) is 92.5 Å². The number of halogens is 1. The Hall–Kier alpha value is -1.12. The fourth-order valence-electron chi connectivity index (χ4n) is 2.26. The predicted molar refractivity (Wildman–Crippen MR) is 84.2 cm³/mol. The monoisotopic (exact) mass is 375 g/mol. The van der Waals surface area contributed by atoms with Gasteiger partial charge in [-0.05, 0) is 31.0 Å². The van der Waals surface area contributed by atoms with Gasteiger partial charge in [0.25, 0.3) is 0 Å². The van der Waals surface area contributed by atoms with Crippen molar-refractivity contribution < 1.29 is 13.2 Å². The molecule has 1 aromatic carbocycles. The molecule has 1 heterocycles. The van der Waals surface area contributed by atoms with Crippen LogP contribution in [0.1, 0.15) is 19.3 Å². The number of anilines is 1. The first-order chi connectivity index (χ1) is 9.90. The number of hydrogen-bond acceptors (Lipinski definition) is 4. The van der Waals surface area contributed by atoms with Gasteiger partial charge in [0.1, 0.15) is 4.90 Å². The van der Waals surface area contributed by atoms with Gasteiger partial charge in [-0.25, -0.2) is 13.1 Å². The van der Waals surface area contributed by atoms with Crippen LogP contribution < -0.4 is 10.5 Å². The molecule has 0 radical (unpaired) electrons. The number of nitrogen functional groups attached to an aromatic ring is 1. The molecule has 0 unspecified atom stereocenters. The highest BCUT2D eigenvalue weighted by Gasteiger charge is 2.20. The third-order valence-electron chi connectivity index (χ3n) is 3.35. The highest BCUT2D eigenvalue weighted by atomic mass is 79.9. The summed E-state index contributed by atoms with van der Waals surface area (Å²) in [6, 6.07) is 4.58. The van der Waals surface area contributed by atoms with Crippen molar-refractivity contribution in [2.24, 2.45) is 0 Å². The second-order valence-corrected chi connectivity index (χ2v) is 7.57. The van der Waals surface area contributed by atoms with Crippen LogP contribution >= 0.6 is 15.9 Å². The standard InChI is InChI=1S/C13H18BrN3O3S/c14-10-3-4-12(11(15)9-10)21(19,20)16-6-5-13(18)17-7-1-2-8-17/h3-4,9,16H,1-2,5-8,15H2. The van der Waals surface area contributed by atoms with Gasteiger partial charge in [-0.15, -0.1) is 0 Å². The molecule has 1 aliphatic rings. The molecule has 1 saturated heterocycles. The Morgan fingerprint density at radius 2 is 2.00 bits per heavy atom. The van der Waals surface area contributed by atoms with Gasteiger partial charge in [0.15, 0.2) is 0 Å². The summed E-state index contributed by atoms with van der Waals surface area (Å²) in [5, 5.41) is 0. The first kappa shape index (κ1) is 16.3. The third kappa shape index (κ3) is 4.18. The number of sulfonamides is 1. The molecular formula is C13H18BrN3O3S. The van der Waals surface area contributed by atoms with E-state index in [9.17, 15) is 13.2 Å². The van der Waals surface area contributed by atoms with E-state index in [0.29, 0.717) is 4.47 Å². The SMILES string of the molecule is Nc1cc(Br)ccc1S(=O)(=O)NCCC(=O)N1CCCC1. The van der Waals surface area contributed by atoms with Gasteiger partial charge in [-0.2, -0.15) is 0 Å². The Bertz CT molecular complexity index is 628. The molecule has 1 fully saturated rings. The first-order valence-corrected chi connectivity index (χ1v) is 9.00. The lowest BCUT2D eigenvalue weighted by Crippen LogP contribution is -2.32. The molecule has 0 aliphatic carbocycles. The van der Waals surface area contributed by atoms with Gasteiger partial charge in [0, 0.05) is 30.5 Å². The summed E-state index contributed by atoms with van der Waals surface area (Å²) in [6.45, 7) is 1.61. The zero-order valence-electron chi connectivity index (χ0n) is 11.5. The summed E-state index contributed by atoms with van der Waals surface area (Å²) in [4.78, 5) is 13.6. The fraction of sp³-hybridized carbons (Fsp3) is 0.462. The van der Waals surface area contributed by atoms with Gasteiger partial charge in [-0.1, -0.05) is 15.9 Å². The molecule has 2 rings (SSSR count). The van der Waals surface area contributed by atoms with E-state index in [-0.39, 0.29) is 29.5 Å². The van der Waals surface area contributed by atoms with Crippen LogP contribution in [-0.2, 0) is 14.8 Å². The Labute approximate surface area is 132 Å². The van der Waals surface area contributed by atoms with E-state index >= 15 is 0 Å². The van der Waals surface area contributed by atoms with Gasteiger partial charge in [0.05, 0.1) is 5.69 Å². The number of amides is 1. The largest absolute Gasteiger partial charge is 0.398 e. The highest BCUT2D eigenvalue weighted by Crippen LogP contribution is 2.22. The molecule has 0 saturated carbocycles. The summed E-state index contributed by atoms with van der Waals surface area (Å²) in [5.41, 5.74) is 5.88. The summed E-state index contributed by atoms with van der Waals surface area (Å²) in [7, 11) is -3.69. The number of likely N-dealkylation sites (tertiary alicyclic amines) is 1. The lowest BCUT2D eigenvalue weighted by atomic mass is 10.3. The van der Waals surface area contributed by atoms with Crippen LogP contribution in [0.5, 0.6) is 0 Å². The van der Waals surface area contributed by atoms with Crippen molar-refractivity contribution in [3.8, 4) is 0 Å². The van der Waals surface area contributed by atoms with E-state index in [2.05, 4.69) is 20.7 Å². The minimum absolute atomic E-state index is 0.0148. The van der Waals surface area contributed by atoms with Gasteiger partial charge < -0.3 is 10.6 Å². The Balaban J connectivity index is 1.93. The zero-order valence-corrected chi connectivity index (χ0v) is 13.9. The summed E-state index contributed by atoms with van der Waals surface area (Å²) >= 11 is 3.23. The first-order valence-electron chi connectivity index (χ1n) is 6.72. The Morgan fingerprint density at radius 1 is 1.33 bits per heavy atom. The number of carbonyl (C=O) groups excluding carboxylic acids is 1. The molecule has 1 aliphatic heterocycles. The van der Waals surface area contributed by atoms with Crippen molar-refractivity contribution >= 4 is 37.5 Å². The van der Waals surface area contributed by atoms with E-state index in [1.807, 2.05) is 0 Å². The maximum absolute atomic E-state index is 12.1. The van der Waals surface area contributed by atoms with Crippen molar-refractivity contribution in [1.82, 2.24) is 9.62 Å². The zero-order chi connectivity index (χ0) is 15.5. The van der Waals surface area contributed by atoms with Crippen LogP contribution in [0.15, 0.2) is 27.6 Å². The number of hydrogen-bond donors (Lipinski definition) is 2. The van der Waals surface area contributed by atoms with Crippen LogP contribution in [0.3, 0.4) is 0 Å². The minimum Gasteiger partial charge on any atom is -0.398 e. The molecule has 8 heteroatoms. The lowest BCUT2D eigenvalue weighted by molar-refractivity contribution is -0.129. The quantitative estimate of drug-likeness (QED) is 0.759. The van der Waals surface area contributed by atoms with Crippen molar-refractivity contribution in [3.63, 3.8) is 0 Å². The van der Waals surface area contributed by atoms with Crippen LogP contribution in [0.4, 0.5) is 5.69 Å². The average molecular weight is 376 g/mol. The molecule has 0 spiro atoms. The number of nitrogens with zero attached hydrogens (tertiary/aromatic N) is 1.